The molecular weight excluding hydrogens is 433 g/mol. The highest BCUT2D eigenvalue weighted by atomic mass is 35.5. The molecule has 0 spiro atoms. The van der Waals surface area contributed by atoms with Crippen LogP contribution in [0, 0.1) is 5.92 Å². The summed E-state index contributed by atoms with van der Waals surface area (Å²) in [5.74, 6) is 1.08. The quantitative estimate of drug-likeness (QED) is 0.520. The Balaban J connectivity index is 1.54. The number of allylic oxidation sites excluding steroid dienone is 7. The van der Waals surface area contributed by atoms with Gasteiger partial charge in [-0.2, -0.15) is 0 Å². The first-order chi connectivity index (χ1) is 14.6. The standard InChI is InChI=1S/C24H25Cl2N3S/c1-16-8-3-2-4-10-19(22(16)26)15-27-24-28-23-18(11-7-13-21(23)30-29-24)14-17-9-5-6-12-20(17)25/h2-7,9-12,16,21H,8,13-15H2,1H3,(H2,27,28,29)/b3-2+,10-4-,22-19-. The Labute approximate surface area is 192 Å². The minimum atomic E-state index is 0.308. The van der Waals surface area contributed by atoms with E-state index in [1.807, 2.05) is 24.3 Å². The van der Waals surface area contributed by atoms with Crippen LogP contribution in [0.2, 0.25) is 5.02 Å². The number of hydrogen-bond acceptors (Lipinski definition) is 2. The van der Waals surface area contributed by atoms with Crippen molar-refractivity contribution in [1.82, 2.24) is 10.0 Å². The molecule has 1 heterocycles. The van der Waals surface area contributed by atoms with Gasteiger partial charge >= 0.3 is 0 Å². The first kappa shape index (κ1) is 21.4. The van der Waals surface area contributed by atoms with Crippen LogP contribution >= 0.6 is 35.1 Å². The van der Waals surface area contributed by atoms with E-state index in [4.69, 9.17) is 28.2 Å². The van der Waals surface area contributed by atoms with Gasteiger partial charge in [0.15, 0.2) is 0 Å². The number of aliphatic imine (C=N–C) groups is 1. The van der Waals surface area contributed by atoms with Gasteiger partial charge in [0.1, 0.15) is 0 Å². The zero-order valence-electron chi connectivity index (χ0n) is 16.9. The summed E-state index contributed by atoms with van der Waals surface area (Å²) in [5, 5.41) is 5.58. The number of hydrogen-bond donors (Lipinski definition) is 2. The molecule has 1 saturated heterocycles. The van der Waals surface area contributed by atoms with Crippen LogP contribution in [0.3, 0.4) is 0 Å². The van der Waals surface area contributed by atoms with Gasteiger partial charge in [-0.1, -0.05) is 84.8 Å². The van der Waals surface area contributed by atoms with Crippen molar-refractivity contribution in [3.63, 3.8) is 0 Å². The fraction of sp³-hybridized carbons (Fsp3) is 0.292. The van der Waals surface area contributed by atoms with E-state index in [1.165, 1.54) is 11.3 Å². The van der Waals surface area contributed by atoms with Gasteiger partial charge in [0, 0.05) is 22.2 Å². The zero-order valence-corrected chi connectivity index (χ0v) is 19.2. The molecule has 0 amide bonds. The van der Waals surface area contributed by atoms with E-state index in [0.29, 0.717) is 17.7 Å². The summed E-state index contributed by atoms with van der Waals surface area (Å²) in [7, 11) is 0. The van der Waals surface area contributed by atoms with E-state index in [9.17, 15) is 0 Å². The molecule has 0 aromatic heterocycles. The van der Waals surface area contributed by atoms with Gasteiger partial charge in [-0.15, -0.1) is 0 Å². The molecule has 0 saturated carbocycles. The molecule has 3 aliphatic rings. The molecular formula is C24H25Cl2N3S. The van der Waals surface area contributed by atoms with Crippen LogP contribution in [0.5, 0.6) is 0 Å². The molecule has 156 valence electrons. The van der Waals surface area contributed by atoms with E-state index in [2.05, 4.69) is 53.4 Å². The second-order valence-corrected chi connectivity index (χ2v) is 9.46. The van der Waals surface area contributed by atoms with Crippen LogP contribution < -0.4 is 10.0 Å². The monoisotopic (exact) mass is 457 g/mol. The van der Waals surface area contributed by atoms with Crippen molar-refractivity contribution in [3.05, 3.63) is 93.2 Å². The summed E-state index contributed by atoms with van der Waals surface area (Å²) in [5.41, 5.74) is 4.66. The number of nitrogens with one attached hydrogen (secondary N) is 2. The summed E-state index contributed by atoms with van der Waals surface area (Å²) in [4.78, 5) is 4.79. The summed E-state index contributed by atoms with van der Waals surface area (Å²) in [6.07, 6.45) is 15.5. The van der Waals surface area contributed by atoms with Crippen molar-refractivity contribution in [2.24, 2.45) is 10.9 Å². The number of rotatable bonds is 4. The second-order valence-electron chi connectivity index (χ2n) is 7.64. The number of benzene rings is 1. The molecule has 1 aliphatic heterocycles. The lowest BCUT2D eigenvalue weighted by atomic mass is 9.96. The Morgan fingerprint density at radius 1 is 1.07 bits per heavy atom. The van der Waals surface area contributed by atoms with Crippen molar-refractivity contribution in [1.29, 1.82) is 0 Å². The number of guanidine groups is 1. The summed E-state index contributed by atoms with van der Waals surface area (Å²) in [6.45, 7) is 2.69. The molecule has 2 aliphatic carbocycles. The maximum absolute atomic E-state index is 6.62. The topological polar surface area (TPSA) is 36.4 Å². The molecule has 2 unspecified atom stereocenters. The molecule has 2 N–H and O–H groups in total. The zero-order chi connectivity index (χ0) is 20.9. The van der Waals surface area contributed by atoms with E-state index in [-0.39, 0.29) is 0 Å². The van der Waals surface area contributed by atoms with E-state index in [1.54, 1.807) is 11.9 Å². The average Bonchev–Trinajstić information content (AvgIpc) is 2.76. The predicted molar refractivity (Wildman–Crippen MR) is 131 cm³/mol. The number of halogens is 2. The largest absolute Gasteiger partial charge is 0.328 e. The molecule has 1 aromatic rings. The Bertz CT molecular complexity index is 988. The summed E-state index contributed by atoms with van der Waals surface area (Å²) >= 11 is 14.7. The fourth-order valence-electron chi connectivity index (χ4n) is 3.69. The fourth-order valence-corrected chi connectivity index (χ4v) is 5.01. The normalized spacial score (nSPS) is 29.5. The van der Waals surface area contributed by atoms with Crippen LogP contribution in [0.4, 0.5) is 0 Å². The minimum Gasteiger partial charge on any atom is -0.328 e. The van der Waals surface area contributed by atoms with Crippen LogP contribution in [-0.2, 0) is 6.42 Å². The molecule has 3 nitrogen and oxygen atoms in total. The first-order valence-electron chi connectivity index (χ1n) is 10.2. The molecule has 6 heteroatoms. The number of nitrogens with zero attached hydrogens (tertiary/aromatic N) is 1. The summed E-state index contributed by atoms with van der Waals surface area (Å²) in [6, 6.07) is 8.03. The van der Waals surface area contributed by atoms with Gasteiger partial charge in [-0.25, -0.2) is 4.99 Å². The smallest absolute Gasteiger partial charge is 0.206 e. The Hall–Kier alpha value is -1.88. The lowest BCUT2D eigenvalue weighted by Crippen LogP contribution is -2.44. The van der Waals surface area contributed by atoms with E-state index >= 15 is 0 Å². The summed E-state index contributed by atoms with van der Waals surface area (Å²) < 4.78 is 3.37. The van der Waals surface area contributed by atoms with Crippen molar-refractivity contribution in [2.75, 3.05) is 6.54 Å². The molecule has 2 atom stereocenters. The SMILES string of the molecule is CC1C/C=C/C=C\C(CN=C2NSC3CC=CC(Cc4ccccc4Cl)=C3N2)=C/1Cl. The van der Waals surface area contributed by atoms with Gasteiger partial charge in [0.05, 0.1) is 11.8 Å². The van der Waals surface area contributed by atoms with Crippen molar-refractivity contribution < 1.29 is 0 Å². The molecule has 0 radical (unpaired) electrons. The number of fused-ring (bicyclic) bond motifs is 1. The van der Waals surface area contributed by atoms with Gasteiger partial charge in [0.25, 0.3) is 0 Å². The van der Waals surface area contributed by atoms with Gasteiger partial charge in [0.2, 0.25) is 5.96 Å². The third kappa shape index (κ3) is 5.05. The molecule has 1 fully saturated rings. The van der Waals surface area contributed by atoms with Gasteiger partial charge in [-0.3, -0.25) is 4.72 Å². The van der Waals surface area contributed by atoms with Crippen molar-refractivity contribution in [2.45, 2.75) is 31.4 Å². The second kappa shape index (κ2) is 9.95. The first-order valence-corrected chi connectivity index (χ1v) is 11.8. The van der Waals surface area contributed by atoms with Crippen LogP contribution in [0.15, 0.2) is 87.6 Å². The third-order valence-corrected chi connectivity index (χ3v) is 7.42. The molecule has 1 aromatic carbocycles. The average molecular weight is 458 g/mol. The molecule has 30 heavy (non-hydrogen) atoms. The van der Waals surface area contributed by atoms with Gasteiger partial charge in [-0.05, 0) is 53.5 Å². The third-order valence-electron chi connectivity index (χ3n) is 5.41. The predicted octanol–water partition coefficient (Wildman–Crippen LogP) is 6.31. The maximum Gasteiger partial charge on any atom is 0.206 e. The highest BCUT2D eigenvalue weighted by molar-refractivity contribution is 7.98. The van der Waals surface area contributed by atoms with E-state index < -0.39 is 0 Å². The van der Waals surface area contributed by atoms with Crippen LogP contribution in [0.25, 0.3) is 0 Å². The Morgan fingerprint density at radius 2 is 1.93 bits per heavy atom. The highest BCUT2D eigenvalue weighted by Crippen LogP contribution is 2.32. The van der Waals surface area contributed by atoms with Gasteiger partial charge < -0.3 is 5.32 Å². The lowest BCUT2D eigenvalue weighted by molar-refractivity contribution is 0.720. The van der Waals surface area contributed by atoms with Crippen molar-refractivity contribution in [3.8, 4) is 0 Å². The van der Waals surface area contributed by atoms with E-state index in [0.717, 1.165) is 46.4 Å². The Kier molecular flexibility index (Phi) is 7.08. The van der Waals surface area contributed by atoms with Crippen LogP contribution in [0.1, 0.15) is 25.3 Å². The minimum absolute atomic E-state index is 0.308. The Morgan fingerprint density at radius 3 is 2.80 bits per heavy atom. The van der Waals surface area contributed by atoms with Crippen molar-refractivity contribution >= 4 is 41.1 Å². The lowest BCUT2D eigenvalue weighted by Gasteiger charge is -2.32. The molecule has 0 bridgehead atoms. The highest BCUT2D eigenvalue weighted by Gasteiger charge is 2.27. The maximum atomic E-state index is 6.62. The molecule has 4 rings (SSSR count). The van der Waals surface area contributed by atoms with Crippen LogP contribution in [-0.4, -0.2) is 17.8 Å².